The number of esters is 2. The van der Waals surface area contributed by atoms with Crippen molar-refractivity contribution < 1.29 is 47.5 Å². The molecule has 0 aliphatic heterocycles. The van der Waals surface area contributed by atoms with E-state index in [1.165, 1.54) is 38.5 Å². The van der Waals surface area contributed by atoms with Crippen molar-refractivity contribution in [3.63, 3.8) is 0 Å². The highest BCUT2D eigenvalue weighted by Crippen LogP contribution is 2.43. The zero-order valence-corrected chi connectivity index (χ0v) is 36.9. The van der Waals surface area contributed by atoms with Gasteiger partial charge in [-0.05, 0) is 83.5 Å². The number of ether oxygens (including phenoxy) is 2. The molecule has 0 fully saturated rings. The first-order chi connectivity index (χ1) is 28.6. The maximum atomic E-state index is 12.6. The highest BCUT2D eigenvalue weighted by atomic mass is 31.2. The molecule has 0 aliphatic rings. The number of phosphoric ester groups is 1. The third-order valence-electron chi connectivity index (χ3n) is 8.58. The van der Waals surface area contributed by atoms with E-state index < -0.39 is 57.7 Å². The number of carbonyl (C=O) groups is 3. The van der Waals surface area contributed by atoms with Gasteiger partial charge in [0.05, 0.1) is 13.2 Å². The summed E-state index contributed by atoms with van der Waals surface area (Å²) >= 11 is 0. The molecule has 4 N–H and O–H groups in total. The Kier molecular flexibility index (Phi) is 38.6. The smallest absolute Gasteiger partial charge is 0.472 e. The van der Waals surface area contributed by atoms with E-state index in [0.717, 1.165) is 70.6 Å². The first kappa shape index (κ1) is 55.4. The number of carboxylic acids is 1. The van der Waals surface area contributed by atoms with E-state index in [1.807, 2.05) is 12.2 Å². The van der Waals surface area contributed by atoms with E-state index in [-0.39, 0.29) is 12.8 Å². The molecule has 0 heterocycles. The quantitative estimate of drug-likeness (QED) is 0.0233. The van der Waals surface area contributed by atoms with Gasteiger partial charge >= 0.3 is 25.7 Å². The molecule has 12 heteroatoms. The molecule has 0 radical (unpaired) electrons. The number of nitrogens with two attached hydrogens (primary N) is 1. The van der Waals surface area contributed by atoms with Crippen LogP contribution < -0.4 is 5.73 Å². The van der Waals surface area contributed by atoms with Crippen LogP contribution in [0.15, 0.2) is 97.2 Å². The molecule has 0 rings (SSSR count). The lowest BCUT2D eigenvalue weighted by atomic mass is 10.1. The average Bonchev–Trinajstić information content (AvgIpc) is 3.21. The third kappa shape index (κ3) is 40.9. The van der Waals surface area contributed by atoms with Crippen LogP contribution in [0.1, 0.15) is 149 Å². The second-order valence-electron chi connectivity index (χ2n) is 14.1. The van der Waals surface area contributed by atoms with Gasteiger partial charge in [-0.3, -0.25) is 23.4 Å². The monoisotopic (exact) mass is 846 g/mol. The first-order valence-electron chi connectivity index (χ1n) is 21.8. The Morgan fingerprint density at radius 2 is 0.983 bits per heavy atom. The molecule has 0 aromatic carbocycles. The fourth-order valence-corrected chi connectivity index (χ4v) is 5.96. The van der Waals surface area contributed by atoms with E-state index in [2.05, 4.69) is 103 Å². The van der Waals surface area contributed by atoms with Gasteiger partial charge in [0.15, 0.2) is 6.10 Å². The van der Waals surface area contributed by atoms with Crippen LogP contribution in [0.25, 0.3) is 0 Å². The molecule has 0 spiro atoms. The molecule has 0 aliphatic carbocycles. The third-order valence-corrected chi connectivity index (χ3v) is 9.53. The fraction of sp³-hybridized carbons (Fsp3) is 0.596. The van der Waals surface area contributed by atoms with Crippen LogP contribution >= 0.6 is 7.82 Å². The summed E-state index contributed by atoms with van der Waals surface area (Å²) in [4.78, 5) is 45.9. The molecule has 0 saturated heterocycles. The summed E-state index contributed by atoms with van der Waals surface area (Å²) in [5.41, 5.74) is 5.32. The van der Waals surface area contributed by atoms with Crippen LogP contribution in [0.5, 0.6) is 0 Å². The van der Waals surface area contributed by atoms with E-state index in [9.17, 15) is 23.8 Å². The molecule has 334 valence electrons. The van der Waals surface area contributed by atoms with Gasteiger partial charge in [0, 0.05) is 12.8 Å². The van der Waals surface area contributed by atoms with Gasteiger partial charge in [-0.1, -0.05) is 150 Å². The second kappa shape index (κ2) is 41.1. The van der Waals surface area contributed by atoms with Crippen LogP contribution in [0.4, 0.5) is 0 Å². The van der Waals surface area contributed by atoms with Crippen molar-refractivity contribution in [1.29, 1.82) is 0 Å². The van der Waals surface area contributed by atoms with Crippen molar-refractivity contribution >= 4 is 25.7 Å². The standard InChI is InChI=1S/C47H76NO10P/c1-3-5-7-9-11-13-15-17-18-19-20-21-22-23-24-25-27-28-30-32-34-36-38-45(49)55-40-43(41-56-59(53,54)57-42-44(48)47(51)52)58-46(50)39-37-35-33-31-29-26-16-14-12-10-8-6-4-2/h5,7,11,13,17-18,20-21,23-24,26-29,33,35,43-44H,3-4,6,8-10,12,14-16,19,22,25,30-32,34,36-42,48H2,1-2H3,(H,51,52)(H,53,54)/b7-5+,13-11+,18-17+,21-20+,24-23+,28-27+,29-26+,35-33+/t43?,44-/m1/s1. The minimum atomic E-state index is -4.74. The van der Waals surface area contributed by atoms with E-state index in [4.69, 9.17) is 24.8 Å². The molecule has 0 aromatic rings. The van der Waals surface area contributed by atoms with Gasteiger partial charge in [0.1, 0.15) is 12.6 Å². The van der Waals surface area contributed by atoms with Gasteiger partial charge in [-0.15, -0.1) is 0 Å². The molecule has 3 atom stereocenters. The average molecular weight is 846 g/mol. The van der Waals surface area contributed by atoms with Crippen LogP contribution in [0.3, 0.4) is 0 Å². The molecule has 0 saturated carbocycles. The minimum Gasteiger partial charge on any atom is -0.480 e. The van der Waals surface area contributed by atoms with Gasteiger partial charge in [-0.2, -0.15) is 0 Å². The number of unbranched alkanes of at least 4 members (excludes halogenated alkanes) is 9. The number of hydrogen-bond donors (Lipinski definition) is 3. The summed E-state index contributed by atoms with van der Waals surface area (Å²) in [6.07, 6.45) is 52.1. The molecule has 0 bridgehead atoms. The summed E-state index contributed by atoms with van der Waals surface area (Å²) < 4.78 is 32.6. The van der Waals surface area contributed by atoms with E-state index >= 15 is 0 Å². The SMILES string of the molecule is CC/C=C/C/C=C/C/C=C/C/C=C/C/C=C/C/C=C/CCCCCC(=O)OCC(COP(=O)(O)OC[C@@H](N)C(=O)O)OC(=O)CC/C=C/C/C=C/CCCCCCCC. The first-order valence-corrected chi connectivity index (χ1v) is 23.3. The Hall–Kier alpha value is -3.60. The molecular formula is C47H76NO10P. The van der Waals surface area contributed by atoms with Gasteiger partial charge in [0.2, 0.25) is 0 Å². The summed E-state index contributed by atoms with van der Waals surface area (Å²) in [7, 11) is -4.74. The van der Waals surface area contributed by atoms with Crippen molar-refractivity contribution in [3.8, 4) is 0 Å². The van der Waals surface area contributed by atoms with Gasteiger partial charge < -0.3 is 25.2 Å². The Morgan fingerprint density at radius 1 is 0.542 bits per heavy atom. The Labute approximate surface area is 355 Å². The molecule has 0 aromatic heterocycles. The number of phosphoric acid groups is 1. The van der Waals surface area contributed by atoms with Crippen LogP contribution in [-0.2, 0) is 37.5 Å². The second-order valence-corrected chi connectivity index (χ2v) is 15.5. The van der Waals surface area contributed by atoms with E-state index in [0.29, 0.717) is 12.8 Å². The summed E-state index contributed by atoms with van der Waals surface area (Å²) in [6, 6.07) is -1.54. The van der Waals surface area contributed by atoms with Crippen molar-refractivity contribution in [3.05, 3.63) is 97.2 Å². The van der Waals surface area contributed by atoms with Crippen LogP contribution in [-0.4, -0.2) is 59.9 Å². The van der Waals surface area contributed by atoms with Crippen LogP contribution in [0, 0.1) is 0 Å². The Bertz CT molecular complexity index is 1360. The van der Waals surface area contributed by atoms with Crippen LogP contribution in [0.2, 0.25) is 0 Å². The number of aliphatic carboxylic acids is 1. The number of carbonyl (C=O) groups excluding carboxylic acids is 2. The maximum absolute atomic E-state index is 12.6. The largest absolute Gasteiger partial charge is 0.480 e. The number of carboxylic acid groups (broad SMARTS) is 1. The lowest BCUT2D eigenvalue weighted by Gasteiger charge is -2.20. The molecule has 11 nitrogen and oxygen atoms in total. The zero-order chi connectivity index (χ0) is 43.5. The Morgan fingerprint density at radius 3 is 1.49 bits per heavy atom. The van der Waals surface area contributed by atoms with Crippen molar-refractivity contribution in [2.75, 3.05) is 19.8 Å². The molecule has 2 unspecified atom stereocenters. The lowest BCUT2D eigenvalue weighted by Crippen LogP contribution is -2.34. The molecule has 0 amide bonds. The van der Waals surface area contributed by atoms with Crippen molar-refractivity contribution in [1.82, 2.24) is 0 Å². The molecular weight excluding hydrogens is 769 g/mol. The predicted molar refractivity (Wildman–Crippen MR) is 240 cm³/mol. The Balaban J connectivity index is 4.48. The number of allylic oxidation sites excluding steroid dienone is 16. The normalized spacial score (nSPS) is 14.6. The summed E-state index contributed by atoms with van der Waals surface area (Å²) in [6.45, 7) is 2.56. The van der Waals surface area contributed by atoms with E-state index in [1.54, 1.807) is 0 Å². The zero-order valence-electron chi connectivity index (χ0n) is 36.0. The topological polar surface area (TPSA) is 172 Å². The highest BCUT2D eigenvalue weighted by molar-refractivity contribution is 7.47. The van der Waals surface area contributed by atoms with Crippen molar-refractivity contribution in [2.24, 2.45) is 5.73 Å². The van der Waals surface area contributed by atoms with Crippen molar-refractivity contribution in [2.45, 2.75) is 161 Å². The minimum absolute atomic E-state index is 0.0416. The lowest BCUT2D eigenvalue weighted by molar-refractivity contribution is -0.161. The number of hydrogen-bond acceptors (Lipinski definition) is 9. The van der Waals surface area contributed by atoms with Gasteiger partial charge in [0.25, 0.3) is 0 Å². The molecule has 59 heavy (non-hydrogen) atoms. The summed E-state index contributed by atoms with van der Waals surface area (Å²) in [5, 5.41) is 8.88. The number of rotatable bonds is 39. The summed E-state index contributed by atoms with van der Waals surface area (Å²) in [5.74, 6) is -2.52. The predicted octanol–water partition coefficient (Wildman–Crippen LogP) is 11.7. The maximum Gasteiger partial charge on any atom is 0.472 e. The fourth-order valence-electron chi connectivity index (χ4n) is 5.18. The highest BCUT2D eigenvalue weighted by Gasteiger charge is 2.28. The van der Waals surface area contributed by atoms with Gasteiger partial charge in [-0.25, -0.2) is 4.57 Å².